The van der Waals surface area contributed by atoms with E-state index in [1.807, 2.05) is 0 Å². The number of nitrogens with zero attached hydrogens (tertiary/aromatic N) is 3. The zero-order chi connectivity index (χ0) is 20.4. The topological polar surface area (TPSA) is 61.4 Å². The molecule has 2 fully saturated rings. The van der Waals surface area contributed by atoms with Gasteiger partial charge < -0.3 is 20.1 Å². The fourth-order valence-corrected chi connectivity index (χ4v) is 4.08. The highest BCUT2D eigenvalue weighted by Crippen LogP contribution is 2.14. The van der Waals surface area contributed by atoms with Crippen LogP contribution in [0.15, 0.2) is 4.99 Å². The highest BCUT2D eigenvalue weighted by molar-refractivity contribution is 5.79. The van der Waals surface area contributed by atoms with Crippen molar-refractivity contribution in [2.45, 2.75) is 46.7 Å². The molecule has 7 heteroatoms. The van der Waals surface area contributed by atoms with Crippen LogP contribution in [0.3, 0.4) is 0 Å². The Morgan fingerprint density at radius 3 is 1.79 bits per heavy atom. The largest absolute Gasteiger partial charge is 0.379 e. The third kappa shape index (κ3) is 7.50. The maximum absolute atomic E-state index is 5.53. The lowest BCUT2D eigenvalue weighted by atomic mass is 10.0. The van der Waals surface area contributed by atoms with Gasteiger partial charge in [-0.25, -0.2) is 0 Å². The van der Waals surface area contributed by atoms with Gasteiger partial charge >= 0.3 is 0 Å². The summed E-state index contributed by atoms with van der Waals surface area (Å²) in [6, 6.07) is 0.951. The Bertz CT molecular complexity index is 446. The predicted molar refractivity (Wildman–Crippen MR) is 116 cm³/mol. The van der Waals surface area contributed by atoms with Crippen LogP contribution in [0.5, 0.6) is 0 Å². The predicted octanol–water partition coefficient (Wildman–Crippen LogP) is 1.26. The molecule has 164 valence electrons. The molecule has 0 amide bonds. The Labute approximate surface area is 172 Å². The second-order valence-electron chi connectivity index (χ2n) is 8.52. The minimum absolute atomic E-state index is 0.458. The van der Waals surface area contributed by atoms with Gasteiger partial charge in [-0.2, -0.15) is 0 Å². The van der Waals surface area contributed by atoms with Gasteiger partial charge in [0.2, 0.25) is 0 Å². The maximum atomic E-state index is 5.53. The van der Waals surface area contributed by atoms with Crippen LogP contribution in [-0.4, -0.2) is 100 Å². The quantitative estimate of drug-likeness (QED) is 0.451. The molecule has 0 radical (unpaired) electrons. The second kappa shape index (κ2) is 12.6. The Balaban J connectivity index is 1.95. The van der Waals surface area contributed by atoms with Gasteiger partial charge in [0.05, 0.1) is 33.0 Å². The average molecular weight is 398 g/mol. The molecule has 0 bridgehead atoms. The van der Waals surface area contributed by atoms with E-state index >= 15 is 0 Å². The van der Waals surface area contributed by atoms with E-state index in [1.54, 1.807) is 0 Å². The minimum atomic E-state index is 0.458. The number of aliphatic imine (C=N–C) groups is 1. The molecule has 2 unspecified atom stereocenters. The van der Waals surface area contributed by atoms with Crippen LogP contribution in [-0.2, 0) is 9.47 Å². The van der Waals surface area contributed by atoms with E-state index in [2.05, 4.69) is 55.1 Å². The zero-order valence-electron chi connectivity index (χ0n) is 18.7. The Morgan fingerprint density at radius 1 is 0.821 bits per heavy atom. The summed E-state index contributed by atoms with van der Waals surface area (Å²) in [5.74, 6) is 2.09. The number of ether oxygens (including phenoxy) is 2. The van der Waals surface area contributed by atoms with Gasteiger partial charge in [-0.3, -0.25) is 14.8 Å². The van der Waals surface area contributed by atoms with E-state index in [-0.39, 0.29) is 0 Å². The first kappa shape index (κ1) is 23.4. The van der Waals surface area contributed by atoms with Gasteiger partial charge in [0.15, 0.2) is 5.96 Å². The molecule has 28 heavy (non-hydrogen) atoms. The van der Waals surface area contributed by atoms with Crippen LogP contribution in [0.2, 0.25) is 0 Å². The SMILES string of the molecule is CCNC(=NCC(C(C)C)N1CCOCC1)NCC(C(C)C)N1CCOCC1. The summed E-state index contributed by atoms with van der Waals surface area (Å²) >= 11 is 0. The molecule has 0 aromatic rings. The fraction of sp³-hybridized carbons (Fsp3) is 0.952. The molecular weight excluding hydrogens is 354 g/mol. The van der Waals surface area contributed by atoms with Crippen LogP contribution in [0.1, 0.15) is 34.6 Å². The lowest BCUT2D eigenvalue weighted by Crippen LogP contribution is -2.53. The summed E-state index contributed by atoms with van der Waals surface area (Å²) in [6.07, 6.45) is 0. The van der Waals surface area contributed by atoms with Crippen LogP contribution in [0.25, 0.3) is 0 Å². The van der Waals surface area contributed by atoms with E-state index in [0.717, 1.165) is 78.2 Å². The summed E-state index contributed by atoms with van der Waals surface area (Å²) in [4.78, 5) is 10.0. The van der Waals surface area contributed by atoms with Crippen molar-refractivity contribution in [1.29, 1.82) is 0 Å². The summed E-state index contributed by atoms with van der Waals surface area (Å²) in [7, 11) is 0. The highest BCUT2D eigenvalue weighted by atomic mass is 16.5. The number of nitrogens with one attached hydrogen (secondary N) is 2. The number of guanidine groups is 1. The van der Waals surface area contributed by atoms with Crippen LogP contribution in [0, 0.1) is 11.8 Å². The average Bonchev–Trinajstić information content (AvgIpc) is 2.69. The molecule has 2 heterocycles. The van der Waals surface area contributed by atoms with Gasteiger partial charge in [-0.15, -0.1) is 0 Å². The Hall–Kier alpha value is -0.890. The van der Waals surface area contributed by atoms with Crippen molar-refractivity contribution in [3.8, 4) is 0 Å². The summed E-state index contributed by atoms with van der Waals surface area (Å²) in [5, 5.41) is 7.04. The maximum Gasteiger partial charge on any atom is 0.191 e. The van der Waals surface area contributed by atoms with Gasteiger partial charge in [0, 0.05) is 51.4 Å². The molecule has 7 nitrogen and oxygen atoms in total. The first-order chi connectivity index (χ1) is 13.5. The highest BCUT2D eigenvalue weighted by Gasteiger charge is 2.25. The molecule has 2 aliphatic rings. The first-order valence-electron chi connectivity index (χ1n) is 11.2. The summed E-state index contributed by atoms with van der Waals surface area (Å²) in [6.45, 7) is 21.3. The van der Waals surface area contributed by atoms with Crippen LogP contribution < -0.4 is 10.6 Å². The van der Waals surface area contributed by atoms with Crippen molar-refractivity contribution in [2.24, 2.45) is 16.8 Å². The fourth-order valence-electron chi connectivity index (χ4n) is 4.08. The molecule has 2 aliphatic heterocycles. The van der Waals surface area contributed by atoms with E-state index in [1.165, 1.54) is 0 Å². The molecule has 0 saturated carbocycles. The second-order valence-corrected chi connectivity index (χ2v) is 8.52. The van der Waals surface area contributed by atoms with Gasteiger partial charge in [0.25, 0.3) is 0 Å². The molecule has 0 spiro atoms. The summed E-state index contributed by atoms with van der Waals surface area (Å²) < 4.78 is 11.0. The lowest BCUT2D eigenvalue weighted by molar-refractivity contribution is 0.00737. The molecule has 2 N–H and O–H groups in total. The minimum Gasteiger partial charge on any atom is -0.379 e. The van der Waals surface area contributed by atoms with Crippen molar-refractivity contribution >= 4 is 5.96 Å². The number of hydrogen-bond donors (Lipinski definition) is 2. The third-order valence-electron chi connectivity index (χ3n) is 5.83. The van der Waals surface area contributed by atoms with Crippen molar-refractivity contribution < 1.29 is 9.47 Å². The standard InChI is InChI=1S/C21H43N5O2/c1-6-22-21(23-15-19(17(2)3)25-7-11-27-12-8-25)24-16-20(18(4)5)26-9-13-28-14-10-26/h17-20H,6-16H2,1-5H3,(H2,22,23,24). The van der Waals surface area contributed by atoms with Gasteiger partial charge in [-0.05, 0) is 18.8 Å². The molecule has 0 aromatic heterocycles. The van der Waals surface area contributed by atoms with E-state index in [0.29, 0.717) is 23.9 Å². The molecule has 2 rings (SSSR count). The van der Waals surface area contributed by atoms with E-state index < -0.39 is 0 Å². The molecular formula is C21H43N5O2. The summed E-state index contributed by atoms with van der Waals surface area (Å²) in [5.41, 5.74) is 0. The molecule has 0 aliphatic carbocycles. The molecule has 0 aromatic carbocycles. The van der Waals surface area contributed by atoms with Crippen molar-refractivity contribution in [3.05, 3.63) is 0 Å². The van der Waals surface area contributed by atoms with Crippen LogP contribution in [0.4, 0.5) is 0 Å². The lowest BCUT2D eigenvalue weighted by Gasteiger charge is -2.37. The first-order valence-corrected chi connectivity index (χ1v) is 11.2. The van der Waals surface area contributed by atoms with Gasteiger partial charge in [0.1, 0.15) is 0 Å². The van der Waals surface area contributed by atoms with E-state index in [4.69, 9.17) is 14.5 Å². The van der Waals surface area contributed by atoms with Crippen LogP contribution >= 0.6 is 0 Å². The van der Waals surface area contributed by atoms with Crippen molar-refractivity contribution in [2.75, 3.05) is 72.2 Å². The number of rotatable bonds is 9. The van der Waals surface area contributed by atoms with Crippen molar-refractivity contribution in [3.63, 3.8) is 0 Å². The zero-order valence-corrected chi connectivity index (χ0v) is 18.7. The Kier molecular flexibility index (Phi) is 10.5. The third-order valence-corrected chi connectivity index (χ3v) is 5.83. The number of hydrogen-bond acceptors (Lipinski definition) is 5. The van der Waals surface area contributed by atoms with Gasteiger partial charge in [-0.1, -0.05) is 27.7 Å². The molecule has 2 atom stereocenters. The number of morpholine rings is 2. The Morgan fingerprint density at radius 2 is 1.32 bits per heavy atom. The van der Waals surface area contributed by atoms with Crippen molar-refractivity contribution in [1.82, 2.24) is 20.4 Å². The molecule has 2 saturated heterocycles. The normalized spacial score (nSPS) is 22.5. The van der Waals surface area contributed by atoms with E-state index in [9.17, 15) is 0 Å². The smallest absolute Gasteiger partial charge is 0.191 e. The monoisotopic (exact) mass is 397 g/mol.